The minimum absolute atomic E-state index is 0.211. The minimum Gasteiger partial charge on any atom is -0.378 e. The Bertz CT molecular complexity index is 1240. The van der Waals surface area contributed by atoms with E-state index in [0.717, 1.165) is 66.4 Å². The molecule has 2 saturated heterocycles. The van der Waals surface area contributed by atoms with E-state index in [9.17, 15) is 0 Å². The number of nitrogens with zero attached hydrogens (tertiary/aromatic N) is 5. The molecule has 2 fully saturated rings. The average molecular weight is 500 g/mol. The SMILES string of the molecule is CSc1nc(N2CCCC[C@@H]2C)c2sc3nc(N4CCOCC4)c4c(c3c2n1)CC(C)(C)OC4. The van der Waals surface area contributed by atoms with Gasteiger partial charge in [0.25, 0.3) is 0 Å². The summed E-state index contributed by atoms with van der Waals surface area (Å²) in [6, 6.07) is 0.491. The van der Waals surface area contributed by atoms with Gasteiger partial charge in [0.15, 0.2) is 11.0 Å². The van der Waals surface area contributed by atoms with Crippen molar-refractivity contribution in [1.82, 2.24) is 15.0 Å². The van der Waals surface area contributed by atoms with Crippen LogP contribution in [0.5, 0.6) is 0 Å². The number of thiophene rings is 1. The molecule has 6 rings (SSSR count). The van der Waals surface area contributed by atoms with Crippen LogP contribution in [0.25, 0.3) is 20.4 Å². The molecule has 182 valence electrons. The summed E-state index contributed by atoms with van der Waals surface area (Å²) in [5.41, 5.74) is 3.45. The molecule has 6 heterocycles. The van der Waals surface area contributed by atoms with Crippen LogP contribution in [0.15, 0.2) is 5.16 Å². The molecule has 0 saturated carbocycles. The molecule has 3 aliphatic rings. The molecule has 3 aliphatic heterocycles. The van der Waals surface area contributed by atoms with Crippen LogP contribution in [0.3, 0.4) is 0 Å². The highest BCUT2D eigenvalue weighted by Gasteiger charge is 2.34. The molecule has 0 bridgehead atoms. The zero-order chi connectivity index (χ0) is 23.4. The third-order valence-electron chi connectivity index (χ3n) is 7.40. The van der Waals surface area contributed by atoms with Crippen molar-refractivity contribution < 1.29 is 9.47 Å². The summed E-state index contributed by atoms with van der Waals surface area (Å²) in [6.07, 6.45) is 6.65. The van der Waals surface area contributed by atoms with Gasteiger partial charge in [0.1, 0.15) is 10.6 Å². The minimum atomic E-state index is -0.211. The number of pyridine rings is 1. The maximum absolute atomic E-state index is 6.30. The van der Waals surface area contributed by atoms with Crippen LogP contribution in [-0.2, 0) is 22.5 Å². The molecule has 0 amide bonds. The third-order valence-corrected chi connectivity index (χ3v) is 9.01. The summed E-state index contributed by atoms with van der Waals surface area (Å²) in [7, 11) is 0. The van der Waals surface area contributed by atoms with E-state index in [0.29, 0.717) is 12.6 Å². The number of anilines is 2. The number of hydrogen-bond donors (Lipinski definition) is 0. The fourth-order valence-corrected chi connectivity index (χ4v) is 7.06. The molecule has 0 aliphatic carbocycles. The second-order valence-electron chi connectivity index (χ2n) is 10.2. The second-order valence-corrected chi connectivity index (χ2v) is 12.0. The van der Waals surface area contributed by atoms with Gasteiger partial charge in [-0.05, 0) is 51.9 Å². The molecule has 34 heavy (non-hydrogen) atoms. The predicted octanol–water partition coefficient (Wildman–Crippen LogP) is 5.03. The zero-order valence-electron chi connectivity index (χ0n) is 20.5. The van der Waals surface area contributed by atoms with Crippen molar-refractivity contribution in [2.75, 3.05) is 48.9 Å². The molecule has 3 aromatic rings. The molecule has 0 unspecified atom stereocenters. The van der Waals surface area contributed by atoms with E-state index < -0.39 is 0 Å². The smallest absolute Gasteiger partial charge is 0.189 e. The van der Waals surface area contributed by atoms with E-state index in [1.54, 1.807) is 23.1 Å². The first kappa shape index (κ1) is 22.8. The van der Waals surface area contributed by atoms with Gasteiger partial charge in [0.05, 0.1) is 35.6 Å². The number of morpholine rings is 1. The molecule has 0 N–H and O–H groups in total. The van der Waals surface area contributed by atoms with E-state index >= 15 is 0 Å². The fourth-order valence-electron chi connectivity index (χ4n) is 5.56. The molecular formula is C25H33N5O2S2. The van der Waals surface area contributed by atoms with Gasteiger partial charge < -0.3 is 19.3 Å². The first-order valence-corrected chi connectivity index (χ1v) is 14.4. The van der Waals surface area contributed by atoms with Crippen LogP contribution < -0.4 is 9.80 Å². The summed E-state index contributed by atoms with van der Waals surface area (Å²) in [5, 5.41) is 2.06. The highest BCUT2D eigenvalue weighted by Crippen LogP contribution is 2.45. The lowest BCUT2D eigenvalue weighted by molar-refractivity contribution is -0.0396. The quantitative estimate of drug-likeness (QED) is 0.367. The van der Waals surface area contributed by atoms with Crippen LogP contribution in [0.2, 0.25) is 0 Å². The van der Waals surface area contributed by atoms with Crippen molar-refractivity contribution in [3.8, 4) is 0 Å². The van der Waals surface area contributed by atoms with Crippen molar-refractivity contribution in [3.05, 3.63) is 11.1 Å². The first-order chi connectivity index (χ1) is 16.4. The number of aromatic nitrogens is 3. The van der Waals surface area contributed by atoms with Gasteiger partial charge >= 0.3 is 0 Å². The summed E-state index contributed by atoms with van der Waals surface area (Å²) >= 11 is 3.40. The second kappa shape index (κ2) is 8.76. The van der Waals surface area contributed by atoms with Crippen molar-refractivity contribution in [2.24, 2.45) is 0 Å². The first-order valence-electron chi connectivity index (χ1n) is 12.4. The van der Waals surface area contributed by atoms with E-state index in [1.165, 1.54) is 40.5 Å². The van der Waals surface area contributed by atoms with Crippen LogP contribution in [0.4, 0.5) is 11.6 Å². The van der Waals surface area contributed by atoms with Gasteiger partial charge in [-0.25, -0.2) is 15.0 Å². The van der Waals surface area contributed by atoms with Crippen LogP contribution in [0, 0.1) is 0 Å². The Balaban J connectivity index is 1.62. The van der Waals surface area contributed by atoms with Crippen molar-refractivity contribution in [3.63, 3.8) is 0 Å². The fraction of sp³-hybridized carbons (Fsp3) is 0.640. The standard InChI is InChI=1S/C25H33N5O2S2/c1-15-7-5-6-8-30(15)22-20-19(26-24(28-22)33-4)18-16-13-25(2,3)32-14-17(16)21(27-23(18)34-20)29-9-11-31-12-10-29/h15H,5-14H2,1-4H3/t15-/m0/s1. The predicted molar refractivity (Wildman–Crippen MR) is 141 cm³/mol. The maximum atomic E-state index is 6.30. The molecule has 7 nitrogen and oxygen atoms in total. The number of rotatable bonds is 3. The van der Waals surface area contributed by atoms with E-state index in [-0.39, 0.29) is 5.60 Å². The molecule has 0 radical (unpaired) electrons. The van der Waals surface area contributed by atoms with Gasteiger partial charge in [-0.3, -0.25) is 0 Å². The van der Waals surface area contributed by atoms with E-state index in [2.05, 4.69) is 36.8 Å². The van der Waals surface area contributed by atoms with Crippen molar-refractivity contribution >= 4 is 55.2 Å². The van der Waals surface area contributed by atoms with Crippen molar-refractivity contribution in [2.45, 2.75) is 69.9 Å². The number of fused-ring (bicyclic) bond motifs is 5. The molecule has 3 aromatic heterocycles. The van der Waals surface area contributed by atoms with Crippen LogP contribution >= 0.6 is 23.1 Å². The number of ether oxygens (including phenoxy) is 2. The van der Waals surface area contributed by atoms with Gasteiger partial charge in [0, 0.05) is 43.0 Å². The number of hydrogen-bond acceptors (Lipinski definition) is 9. The molecule has 1 atom stereocenters. The number of thioether (sulfide) groups is 1. The lowest BCUT2D eigenvalue weighted by Crippen LogP contribution is -2.39. The van der Waals surface area contributed by atoms with Crippen molar-refractivity contribution in [1.29, 1.82) is 0 Å². The van der Waals surface area contributed by atoms with Crippen LogP contribution in [0.1, 0.15) is 51.2 Å². The Morgan fingerprint density at radius 3 is 2.62 bits per heavy atom. The Morgan fingerprint density at radius 2 is 1.85 bits per heavy atom. The van der Waals surface area contributed by atoms with E-state index in [4.69, 9.17) is 24.4 Å². The summed E-state index contributed by atoms with van der Waals surface area (Å²) in [4.78, 5) is 21.4. The molecular weight excluding hydrogens is 466 g/mol. The summed E-state index contributed by atoms with van der Waals surface area (Å²) in [6.45, 7) is 11.6. The summed E-state index contributed by atoms with van der Waals surface area (Å²) in [5.74, 6) is 2.16. The van der Waals surface area contributed by atoms with E-state index in [1.807, 2.05) is 0 Å². The van der Waals surface area contributed by atoms with Gasteiger partial charge in [-0.1, -0.05) is 11.8 Å². The Hall–Kier alpha value is -1.68. The molecule has 0 aromatic carbocycles. The largest absolute Gasteiger partial charge is 0.378 e. The Kier molecular flexibility index (Phi) is 5.87. The third kappa shape index (κ3) is 3.85. The van der Waals surface area contributed by atoms with Crippen LogP contribution in [-0.4, -0.2) is 65.7 Å². The lowest BCUT2D eigenvalue weighted by atomic mass is 9.90. The topological polar surface area (TPSA) is 63.6 Å². The maximum Gasteiger partial charge on any atom is 0.189 e. The monoisotopic (exact) mass is 499 g/mol. The average Bonchev–Trinajstić information content (AvgIpc) is 3.22. The summed E-state index contributed by atoms with van der Waals surface area (Å²) < 4.78 is 13.1. The highest BCUT2D eigenvalue weighted by molar-refractivity contribution is 7.98. The molecule has 0 spiro atoms. The Morgan fingerprint density at radius 1 is 1.03 bits per heavy atom. The lowest BCUT2D eigenvalue weighted by Gasteiger charge is -2.36. The highest BCUT2D eigenvalue weighted by atomic mass is 32.2. The number of piperidine rings is 1. The van der Waals surface area contributed by atoms with Gasteiger partial charge in [0.2, 0.25) is 0 Å². The normalized spacial score (nSPS) is 23.0. The van der Waals surface area contributed by atoms with Gasteiger partial charge in [-0.15, -0.1) is 11.3 Å². The molecule has 9 heteroatoms. The van der Waals surface area contributed by atoms with Gasteiger partial charge in [-0.2, -0.15) is 0 Å². The Labute approximate surface area is 209 Å². The zero-order valence-corrected chi connectivity index (χ0v) is 22.2.